The van der Waals surface area contributed by atoms with Crippen LogP contribution in [0.1, 0.15) is 5.69 Å². The van der Waals surface area contributed by atoms with Gasteiger partial charge in [-0.05, 0) is 23.8 Å². The normalized spacial score (nSPS) is 14.2. The van der Waals surface area contributed by atoms with Crippen LogP contribution >= 0.6 is 0 Å². The van der Waals surface area contributed by atoms with Crippen LogP contribution < -0.4 is 0 Å². The van der Waals surface area contributed by atoms with Crippen molar-refractivity contribution in [1.82, 2.24) is 4.57 Å². The second-order valence-electron chi connectivity index (χ2n) is 2.91. The molecule has 0 radical (unpaired) electrons. The highest BCUT2D eigenvalue weighted by molar-refractivity contribution is 5.60. The summed E-state index contributed by atoms with van der Waals surface area (Å²) in [7, 11) is 2.05. The van der Waals surface area contributed by atoms with E-state index in [2.05, 4.69) is 60.3 Å². The van der Waals surface area contributed by atoms with Gasteiger partial charge in [-0.1, -0.05) is 24.3 Å². The summed E-state index contributed by atoms with van der Waals surface area (Å²) in [5.74, 6) is 0. The summed E-state index contributed by atoms with van der Waals surface area (Å²) in [5.41, 5.74) is 2.50. The lowest BCUT2D eigenvalue weighted by Gasteiger charge is -1.96. The summed E-state index contributed by atoms with van der Waals surface area (Å²) >= 11 is 0. The summed E-state index contributed by atoms with van der Waals surface area (Å²) in [6.07, 6.45) is 12.5. The maximum atomic E-state index is 2.17. The average molecular weight is 157 g/mol. The number of aromatic nitrogens is 1. The second kappa shape index (κ2) is 2.86. The first-order valence-corrected chi connectivity index (χ1v) is 4.04. The molecule has 0 saturated carbocycles. The van der Waals surface area contributed by atoms with Crippen molar-refractivity contribution < 1.29 is 0 Å². The monoisotopic (exact) mass is 157 g/mol. The lowest BCUT2D eigenvalue weighted by molar-refractivity contribution is 0.914. The maximum absolute atomic E-state index is 2.17. The van der Waals surface area contributed by atoms with Gasteiger partial charge in [0.15, 0.2) is 0 Å². The fourth-order valence-corrected chi connectivity index (χ4v) is 1.28. The van der Waals surface area contributed by atoms with Crippen LogP contribution in [-0.2, 0) is 7.05 Å². The molecule has 0 spiro atoms. The molecule has 0 amide bonds. The fraction of sp³-hybridized carbons (Fsp3) is 0.0909. The van der Waals surface area contributed by atoms with Crippen molar-refractivity contribution in [2.75, 3.05) is 0 Å². The molecule has 0 aromatic carbocycles. The van der Waals surface area contributed by atoms with Gasteiger partial charge in [-0.15, -0.1) is 0 Å². The number of aryl methyl sites for hydroxylation is 1. The number of rotatable bonds is 1. The highest BCUT2D eigenvalue weighted by atomic mass is 14.9. The molecule has 60 valence electrons. The molecule has 0 unspecified atom stereocenters. The van der Waals surface area contributed by atoms with E-state index in [-0.39, 0.29) is 0 Å². The SMILES string of the molecule is Cn1cccc1C=C1C=CC=C1. The highest BCUT2D eigenvalue weighted by Gasteiger charge is 1.95. The molecule has 0 bridgehead atoms. The molecule has 0 fully saturated rings. The Balaban J connectivity index is 2.34. The number of hydrogen-bond donors (Lipinski definition) is 0. The van der Waals surface area contributed by atoms with Gasteiger partial charge in [0.1, 0.15) is 0 Å². The molecule has 0 saturated heterocycles. The van der Waals surface area contributed by atoms with Gasteiger partial charge in [-0.25, -0.2) is 0 Å². The van der Waals surface area contributed by atoms with Crippen molar-refractivity contribution in [3.05, 3.63) is 53.9 Å². The van der Waals surface area contributed by atoms with Crippen LogP contribution in [-0.4, -0.2) is 4.57 Å². The lowest BCUT2D eigenvalue weighted by atomic mass is 10.2. The van der Waals surface area contributed by atoms with Gasteiger partial charge in [0.25, 0.3) is 0 Å². The first kappa shape index (κ1) is 7.17. The van der Waals surface area contributed by atoms with Crippen LogP contribution in [0.15, 0.2) is 48.2 Å². The largest absolute Gasteiger partial charge is 0.351 e. The maximum Gasteiger partial charge on any atom is 0.0410 e. The van der Waals surface area contributed by atoms with Crippen molar-refractivity contribution in [2.24, 2.45) is 7.05 Å². The minimum atomic E-state index is 1.24. The van der Waals surface area contributed by atoms with Crippen LogP contribution in [0.25, 0.3) is 6.08 Å². The molecule has 0 aliphatic heterocycles. The van der Waals surface area contributed by atoms with Gasteiger partial charge in [0.05, 0.1) is 0 Å². The van der Waals surface area contributed by atoms with E-state index in [4.69, 9.17) is 0 Å². The second-order valence-corrected chi connectivity index (χ2v) is 2.91. The van der Waals surface area contributed by atoms with Crippen LogP contribution in [0.4, 0.5) is 0 Å². The molecule has 1 aromatic heterocycles. The summed E-state index contributed by atoms with van der Waals surface area (Å²) in [6, 6.07) is 4.15. The van der Waals surface area contributed by atoms with E-state index in [1.54, 1.807) is 0 Å². The zero-order valence-electron chi connectivity index (χ0n) is 7.07. The Labute approximate surface area is 72.3 Å². The fourth-order valence-electron chi connectivity index (χ4n) is 1.28. The van der Waals surface area contributed by atoms with E-state index in [1.807, 2.05) is 0 Å². The van der Waals surface area contributed by atoms with Crippen molar-refractivity contribution >= 4 is 6.08 Å². The molecule has 1 aromatic rings. The molecule has 1 heteroatoms. The van der Waals surface area contributed by atoms with Crippen LogP contribution in [0, 0.1) is 0 Å². The van der Waals surface area contributed by atoms with E-state index in [0.29, 0.717) is 0 Å². The molecule has 0 atom stereocenters. The molecule has 2 rings (SSSR count). The third kappa shape index (κ3) is 1.26. The van der Waals surface area contributed by atoms with E-state index < -0.39 is 0 Å². The molecule has 1 heterocycles. The Morgan fingerprint density at radius 2 is 2.00 bits per heavy atom. The molecule has 1 nitrogen and oxygen atoms in total. The zero-order valence-corrected chi connectivity index (χ0v) is 7.07. The van der Waals surface area contributed by atoms with Gasteiger partial charge in [-0.3, -0.25) is 0 Å². The Bertz CT molecular complexity index is 350. The Morgan fingerprint density at radius 1 is 1.25 bits per heavy atom. The van der Waals surface area contributed by atoms with Crippen LogP contribution in [0.2, 0.25) is 0 Å². The number of nitrogens with zero attached hydrogens (tertiary/aromatic N) is 1. The van der Waals surface area contributed by atoms with Gasteiger partial charge in [-0.2, -0.15) is 0 Å². The molecule has 12 heavy (non-hydrogen) atoms. The summed E-state index contributed by atoms with van der Waals surface area (Å²) in [5, 5.41) is 0. The first-order chi connectivity index (χ1) is 5.86. The molecule has 0 N–H and O–H groups in total. The van der Waals surface area contributed by atoms with Crippen molar-refractivity contribution in [1.29, 1.82) is 0 Å². The van der Waals surface area contributed by atoms with Crippen LogP contribution in [0.3, 0.4) is 0 Å². The van der Waals surface area contributed by atoms with Gasteiger partial charge < -0.3 is 4.57 Å². The molecular formula is C11H11N. The number of allylic oxidation sites excluding steroid dienone is 5. The van der Waals surface area contributed by atoms with Crippen LogP contribution in [0.5, 0.6) is 0 Å². The van der Waals surface area contributed by atoms with Gasteiger partial charge >= 0.3 is 0 Å². The van der Waals surface area contributed by atoms with Crippen molar-refractivity contribution in [2.45, 2.75) is 0 Å². The van der Waals surface area contributed by atoms with Gasteiger partial charge in [0, 0.05) is 18.9 Å². The minimum absolute atomic E-state index is 1.24. The molecule has 1 aliphatic carbocycles. The predicted molar refractivity (Wildman–Crippen MR) is 51.7 cm³/mol. The van der Waals surface area contributed by atoms with E-state index in [0.717, 1.165) is 0 Å². The predicted octanol–water partition coefficient (Wildman–Crippen LogP) is 2.53. The summed E-state index contributed by atoms with van der Waals surface area (Å²) in [4.78, 5) is 0. The average Bonchev–Trinajstić information content (AvgIpc) is 2.65. The standard InChI is InChI=1S/C11H11N/c1-12-8-4-7-11(12)9-10-5-2-3-6-10/h2-9H,1H3. The lowest BCUT2D eigenvalue weighted by Crippen LogP contribution is -1.87. The van der Waals surface area contributed by atoms with E-state index >= 15 is 0 Å². The molecule has 1 aliphatic rings. The topological polar surface area (TPSA) is 4.93 Å². The third-order valence-electron chi connectivity index (χ3n) is 1.99. The zero-order chi connectivity index (χ0) is 8.39. The molecular weight excluding hydrogens is 146 g/mol. The van der Waals surface area contributed by atoms with E-state index in [1.165, 1.54) is 11.3 Å². The highest BCUT2D eigenvalue weighted by Crippen LogP contribution is 2.12. The minimum Gasteiger partial charge on any atom is -0.351 e. The Kier molecular flexibility index (Phi) is 1.71. The summed E-state index contributed by atoms with van der Waals surface area (Å²) < 4.78 is 2.10. The van der Waals surface area contributed by atoms with Crippen molar-refractivity contribution in [3.8, 4) is 0 Å². The smallest absolute Gasteiger partial charge is 0.0410 e. The first-order valence-electron chi connectivity index (χ1n) is 4.04. The van der Waals surface area contributed by atoms with Gasteiger partial charge in [0.2, 0.25) is 0 Å². The Morgan fingerprint density at radius 3 is 2.58 bits per heavy atom. The number of hydrogen-bond acceptors (Lipinski definition) is 0. The Hall–Kier alpha value is -1.50. The van der Waals surface area contributed by atoms with Crippen molar-refractivity contribution in [3.63, 3.8) is 0 Å². The quantitative estimate of drug-likeness (QED) is 0.590. The summed E-state index contributed by atoms with van der Waals surface area (Å²) in [6.45, 7) is 0. The third-order valence-corrected chi connectivity index (χ3v) is 1.99. The van der Waals surface area contributed by atoms with E-state index in [9.17, 15) is 0 Å².